The summed E-state index contributed by atoms with van der Waals surface area (Å²) in [6.45, 7) is 4.43. The van der Waals surface area contributed by atoms with Gasteiger partial charge in [0, 0.05) is 61.7 Å². The molecule has 29 heavy (non-hydrogen) atoms. The second-order valence-corrected chi connectivity index (χ2v) is 6.90. The molecule has 2 aromatic heterocycles. The first-order valence-corrected chi connectivity index (χ1v) is 10.4. The molecule has 0 spiro atoms. The maximum Gasteiger partial charge on any atom is 0.171 e. The van der Waals surface area contributed by atoms with E-state index in [1.54, 1.807) is 6.20 Å². The number of aromatic nitrogens is 2. The van der Waals surface area contributed by atoms with Crippen LogP contribution in [0.25, 0.3) is 10.4 Å². The highest BCUT2D eigenvalue weighted by atomic mass is 16.5. The van der Waals surface area contributed by atoms with Gasteiger partial charge in [-0.25, -0.2) is 4.57 Å². The molecule has 0 radical (unpaired) electrons. The van der Waals surface area contributed by atoms with Gasteiger partial charge in [-0.3, -0.25) is 4.98 Å². The summed E-state index contributed by atoms with van der Waals surface area (Å²) in [4.78, 5) is 6.86. The molecular formula is C22H32N5O2+. The van der Waals surface area contributed by atoms with E-state index in [0.717, 1.165) is 64.9 Å². The zero-order valence-corrected chi connectivity index (χ0v) is 17.2. The van der Waals surface area contributed by atoms with E-state index in [1.807, 2.05) is 12.3 Å². The van der Waals surface area contributed by atoms with Crippen molar-refractivity contribution in [1.82, 2.24) is 4.98 Å². The van der Waals surface area contributed by atoms with Crippen LogP contribution in [-0.4, -0.2) is 38.0 Å². The quantitative estimate of drug-likeness (QED) is 0.140. The van der Waals surface area contributed by atoms with Crippen molar-refractivity contribution in [3.63, 3.8) is 0 Å². The lowest BCUT2D eigenvalue weighted by atomic mass is 10.1. The molecule has 0 saturated heterocycles. The molecule has 0 fully saturated rings. The van der Waals surface area contributed by atoms with Gasteiger partial charge < -0.3 is 9.47 Å². The van der Waals surface area contributed by atoms with Gasteiger partial charge in [-0.15, -0.1) is 0 Å². The maximum absolute atomic E-state index is 8.20. The number of ether oxygens (including phenoxy) is 2. The summed E-state index contributed by atoms with van der Waals surface area (Å²) in [6.07, 6.45) is 13.9. The Morgan fingerprint density at radius 1 is 0.931 bits per heavy atom. The highest BCUT2D eigenvalue weighted by Gasteiger charge is 2.03. The summed E-state index contributed by atoms with van der Waals surface area (Å²) >= 11 is 0. The van der Waals surface area contributed by atoms with Crippen LogP contribution in [0, 0.1) is 0 Å². The van der Waals surface area contributed by atoms with Crippen LogP contribution < -0.4 is 4.57 Å². The first-order valence-electron chi connectivity index (χ1n) is 10.4. The lowest BCUT2D eigenvalue weighted by molar-refractivity contribution is -0.697. The van der Waals surface area contributed by atoms with Crippen LogP contribution in [-0.2, 0) is 28.9 Å². The molecule has 2 heterocycles. The molecule has 0 aromatic carbocycles. The van der Waals surface area contributed by atoms with Crippen LogP contribution in [0.5, 0.6) is 0 Å². The second-order valence-electron chi connectivity index (χ2n) is 6.90. The summed E-state index contributed by atoms with van der Waals surface area (Å²) in [5.41, 5.74) is 10.8. The van der Waals surface area contributed by atoms with E-state index in [2.05, 4.69) is 50.2 Å². The Balaban J connectivity index is 1.49. The van der Waals surface area contributed by atoms with E-state index in [4.69, 9.17) is 15.0 Å². The number of hydrogen-bond donors (Lipinski definition) is 0. The van der Waals surface area contributed by atoms with Gasteiger partial charge in [0.15, 0.2) is 18.9 Å². The van der Waals surface area contributed by atoms with Crippen LogP contribution in [0.2, 0.25) is 0 Å². The minimum Gasteiger partial charge on any atom is -0.381 e. The Bertz CT molecular complexity index is 720. The predicted molar refractivity (Wildman–Crippen MR) is 112 cm³/mol. The minimum absolute atomic E-state index is 0.503. The molecule has 0 unspecified atom stereocenters. The van der Waals surface area contributed by atoms with Gasteiger partial charge in [0.1, 0.15) is 0 Å². The Morgan fingerprint density at radius 3 is 2.41 bits per heavy atom. The van der Waals surface area contributed by atoms with Crippen molar-refractivity contribution in [3.8, 4) is 0 Å². The fourth-order valence-corrected chi connectivity index (χ4v) is 3.00. The van der Waals surface area contributed by atoms with Gasteiger partial charge in [-0.05, 0) is 55.3 Å². The zero-order chi connectivity index (χ0) is 20.4. The highest BCUT2D eigenvalue weighted by Crippen LogP contribution is 2.02. The molecular weight excluding hydrogens is 366 g/mol. The monoisotopic (exact) mass is 398 g/mol. The molecule has 7 nitrogen and oxygen atoms in total. The molecule has 2 rings (SSSR count). The molecule has 0 N–H and O–H groups in total. The summed E-state index contributed by atoms with van der Waals surface area (Å²) in [6, 6.07) is 8.34. The smallest absolute Gasteiger partial charge is 0.171 e. The largest absolute Gasteiger partial charge is 0.381 e. The molecule has 0 aliphatic heterocycles. The lowest BCUT2D eigenvalue weighted by Gasteiger charge is -2.05. The average molecular weight is 399 g/mol. The second kappa shape index (κ2) is 15.5. The van der Waals surface area contributed by atoms with Gasteiger partial charge >= 0.3 is 0 Å². The summed E-state index contributed by atoms with van der Waals surface area (Å²) < 4.78 is 13.6. The maximum atomic E-state index is 8.20. The van der Waals surface area contributed by atoms with Crippen molar-refractivity contribution in [1.29, 1.82) is 0 Å². The molecule has 0 atom stereocenters. The first-order chi connectivity index (χ1) is 14.4. The minimum atomic E-state index is 0.503. The third-order valence-corrected chi connectivity index (χ3v) is 4.47. The van der Waals surface area contributed by atoms with Crippen molar-refractivity contribution in [2.24, 2.45) is 5.11 Å². The Kier molecular flexibility index (Phi) is 12.2. The van der Waals surface area contributed by atoms with Gasteiger partial charge in [-0.2, -0.15) is 0 Å². The van der Waals surface area contributed by atoms with Crippen LogP contribution >= 0.6 is 0 Å². The number of hydrogen-bond acceptors (Lipinski definition) is 4. The number of pyridine rings is 2. The Labute approximate surface area is 173 Å². The van der Waals surface area contributed by atoms with E-state index < -0.39 is 0 Å². The highest BCUT2D eigenvalue weighted by molar-refractivity contribution is 5.08. The van der Waals surface area contributed by atoms with Crippen LogP contribution in [0.1, 0.15) is 36.8 Å². The third kappa shape index (κ3) is 11.2. The van der Waals surface area contributed by atoms with Crippen LogP contribution in [0.15, 0.2) is 54.2 Å². The number of aryl methyl sites for hydroxylation is 3. The molecule has 2 aromatic rings. The molecule has 156 valence electrons. The average Bonchev–Trinajstić information content (AvgIpc) is 2.76. The van der Waals surface area contributed by atoms with Crippen LogP contribution in [0.3, 0.4) is 0 Å². The summed E-state index contributed by atoms with van der Waals surface area (Å²) in [5, 5.41) is 3.49. The Morgan fingerprint density at radius 2 is 1.66 bits per heavy atom. The number of rotatable bonds is 16. The first kappa shape index (κ1) is 22.8. The van der Waals surface area contributed by atoms with E-state index in [-0.39, 0.29) is 0 Å². The van der Waals surface area contributed by atoms with E-state index in [0.29, 0.717) is 13.2 Å². The van der Waals surface area contributed by atoms with Gasteiger partial charge in [0.2, 0.25) is 0 Å². The van der Waals surface area contributed by atoms with E-state index >= 15 is 0 Å². The van der Waals surface area contributed by atoms with E-state index in [9.17, 15) is 0 Å². The third-order valence-electron chi connectivity index (χ3n) is 4.47. The SMILES string of the molecule is [N-]=[N+]=NCCCOCCCc1ccc[n+](CCCOCCCc2cccnc2)c1. The summed E-state index contributed by atoms with van der Waals surface area (Å²) in [7, 11) is 0. The van der Waals surface area contributed by atoms with Gasteiger partial charge in [0.05, 0.1) is 6.61 Å². The molecule has 0 amide bonds. The topological polar surface area (TPSA) is 84.0 Å². The lowest BCUT2D eigenvalue weighted by Crippen LogP contribution is -2.33. The molecule has 0 bridgehead atoms. The van der Waals surface area contributed by atoms with Crippen molar-refractivity contribution in [2.45, 2.75) is 45.1 Å². The number of nitrogens with zero attached hydrogens (tertiary/aromatic N) is 5. The van der Waals surface area contributed by atoms with Crippen molar-refractivity contribution < 1.29 is 14.0 Å². The molecule has 0 saturated carbocycles. The molecule has 0 aliphatic carbocycles. The predicted octanol–water partition coefficient (Wildman–Crippen LogP) is 4.06. The number of azide groups is 1. The molecule has 7 heteroatoms. The zero-order valence-electron chi connectivity index (χ0n) is 17.2. The van der Waals surface area contributed by atoms with Gasteiger partial charge in [-0.1, -0.05) is 11.2 Å². The van der Waals surface area contributed by atoms with E-state index in [1.165, 1.54) is 11.1 Å². The normalized spacial score (nSPS) is 10.6. The van der Waals surface area contributed by atoms with Crippen molar-refractivity contribution in [2.75, 3.05) is 33.0 Å². The van der Waals surface area contributed by atoms with Crippen LogP contribution in [0.4, 0.5) is 0 Å². The molecule has 0 aliphatic rings. The fraction of sp³-hybridized carbons (Fsp3) is 0.545. The fourth-order valence-electron chi connectivity index (χ4n) is 3.00. The Hall–Kier alpha value is -2.47. The summed E-state index contributed by atoms with van der Waals surface area (Å²) in [5.74, 6) is 0. The van der Waals surface area contributed by atoms with Gasteiger partial charge in [0.25, 0.3) is 0 Å². The standard InChI is InChI=1S/C22H32N5O2/c23-26-25-12-5-17-28-16-4-10-22-8-2-13-27(20-22)14-6-18-29-15-3-9-21-7-1-11-24-19-21/h1-2,7-8,11,13,19-20H,3-6,9-10,12,14-18H2/q+1. The van der Waals surface area contributed by atoms with Crippen molar-refractivity contribution >= 4 is 0 Å². The van der Waals surface area contributed by atoms with Crippen molar-refractivity contribution in [3.05, 3.63) is 70.6 Å².